The summed E-state index contributed by atoms with van der Waals surface area (Å²) in [5.41, 5.74) is 2.36. The number of hydrogen-bond donors (Lipinski definition) is 2. The van der Waals surface area contributed by atoms with Gasteiger partial charge in [0.25, 0.3) is 5.91 Å². The molecular weight excluding hydrogens is 430 g/mol. The van der Waals surface area contributed by atoms with Gasteiger partial charge in [0.1, 0.15) is 0 Å². The van der Waals surface area contributed by atoms with Gasteiger partial charge in [0, 0.05) is 23.0 Å². The maximum Gasteiger partial charge on any atom is 0.253 e. The topological polar surface area (TPSA) is 61.4 Å². The number of nitrogens with one attached hydrogen (secondary N) is 2. The Labute approximate surface area is 181 Å². The Hall–Kier alpha value is -2.18. The van der Waals surface area contributed by atoms with Crippen molar-refractivity contribution < 1.29 is 9.59 Å². The molecular formula is C23H28BrN3O2. The molecule has 1 saturated heterocycles. The highest BCUT2D eigenvalue weighted by atomic mass is 79.9. The quantitative estimate of drug-likeness (QED) is 0.673. The van der Waals surface area contributed by atoms with Crippen molar-refractivity contribution in [2.75, 3.05) is 18.4 Å². The van der Waals surface area contributed by atoms with Gasteiger partial charge in [-0.15, -0.1) is 0 Å². The third-order valence-electron chi connectivity index (χ3n) is 5.13. The van der Waals surface area contributed by atoms with E-state index in [-0.39, 0.29) is 23.8 Å². The van der Waals surface area contributed by atoms with Crippen LogP contribution in [0.3, 0.4) is 0 Å². The summed E-state index contributed by atoms with van der Waals surface area (Å²) in [4.78, 5) is 27.6. The lowest BCUT2D eigenvalue weighted by Gasteiger charge is -2.31. The summed E-state index contributed by atoms with van der Waals surface area (Å²) in [6, 6.07) is 15.6. The number of halogens is 1. The standard InChI is InChI=1S/C23H28BrN3O2/c1-16(2)25-23(29)20-5-3-4-6-21(20)26-22(28)18-11-13-27(14-12-18)15-17-7-9-19(24)10-8-17/h3-10,16,18H,11-15H2,1-2H3,(H,25,29)(H,26,28). The van der Waals surface area contributed by atoms with E-state index in [4.69, 9.17) is 0 Å². The molecule has 0 radical (unpaired) electrons. The SMILES string of the molecule is CC(C)NC(=O)c1ccccc1NC(=O)C1CCN(Cc2ccc(Br)cc2)CC1. The molecule has 29 heavy (non-hydrogen) atoms. The minimum absolute atomic E-state index is 0.00177. The second-order valence-corrected chi connectivity index (χ2v) is 8.76. The van der Waals surface area contributed by atoms with E-state index in [1.54, 1.807) is 12.1 Å². The zero-order valence-electron chi connectivity index (χ0n) is 17.0. The molecule has 0 saturated carbocycles. The minimum atomic E-state index is -0.166. The summed E-state index contributed by atoms with van der Waals surface area (Å²) in [5.74, 6) is -0.198. The van der Waals surface area contributed by atoms with Gasteiger partial charge in [-0.3, -0.25) is 14.5 Å². The highest BCUT2D eigenvalue weighted by molar-refractivity contribution is 9.10. The molecule has 0 spiro atoms. The smallest absolute Gasteiger partial charge is 0.253 e. The molecule has 154 valence electrons. The van der Waals surface area contributed by atoms with Crippen molar-refractivity contribution in [3.05, 3.63) is 64.1 Å². The number of rotatable bonds is 6. The molecule has 0 unspecified atom stereocenters. The van der Waals surface area contributed by atoms with Gasteiger partial charge in [-0.05, 0) is 69.6 Å². The number of nitrogens with zero attached hydrogens (tertiary/aromatic N) is 1. The van der Waals surface area contributed by atoms with E-state index in [9.17, 15) is 9.59 Å². The van der Waals surface area contributed by atoms with E-state index in [1.165, 1.54) is 5.56 Å². The van der Waals surface area contributed by atoms with Crippen LogP contribution in [0.4, 0.5) is 5.69 Å². The van der Waals surface area contributed by atoms with Crippen molar-refractivity contribution in [2.45, 2.75) is 39.3 Å². The molecule has 2 amide bonds. The van der Waals surface area contributed by atoms with Crippen LogP contribution >= 0.6 is 15.9 Å². The third kappa shape index (κ3) is 6.15. The van der Waals surface area contributed by atoms with E-state index in [0.717, 1.165) is 36.9 Å². The molecule has 0 bridgehead atoms. The average molecular weight is 458 g/mol. The van der Waals surface area contributed by atoms with E-state index < -0.39 is 0 Å². The highest BCUT2D eigenvalue weighted by Crippen LogP contribution is 2.23. The number of likely N-dealkylation sites (tertiary alicyclic amines) is 1. The van der Waals surface area contributed by atoms with Crippen LogP contribution in [0.1, 0.15) is 42.6 Å². The van der Waals surface area contributed by atoms with Crippen molar-refractivity contribution in [3.8, 4) is 0 Å². The fourth-order valence-electron chi connectivity index (χ4n) is 3.57. The predicted molar refractivity (Wildman–Crippen MR) is 120 cm³/mol. The van der Waals surface area contributed by atoms with Crippen molar-refractivity contribution in [1.29, 1.82) is 0 Å². The molecule has 2 aromatic carbocycles. The molecule has 0 aromatic heterocycles. The molecule has 2 aromatic rings. The maximum atomic E-state index is 12.8. The lowest BCUT2D eigenvalue weighted by Crippen LogP contribution is -2.38. The van der Waals surface area contributed by atoms with Crippen LogP contribution in [-0.4, -0.2) is 35.8 Å². The summed E-state index contributed by atoms with van der Waals surface area (Å²) in [5, 5.41) is 5.87. The molecule has 2 N–H and O–H groups in total. The zero-order chi connectivity index (χ0) is 20.8. The Balaban J connectivity index is 1.55. The molecule has 1 aliphatic heterocycles. The number of benzene rings is 2. The predicted octanol–water partition coefficient (Wildman–Crippen LogP) is 4.44. The number of carbonyl (C=O) groups excluding carboxylic acids is 2. The van der Waals surface area contributed by atoms with Gasteiger partial charge in [0.05, 0.1) is 11.3 Å². The van der Waals surface area contributed by atoms with Gasteiger partial charge in [-0.1, -0.05) is 40.2 Å². The lowest BCUT2D eigenvalue weighted by atomic mass is 9.95. The molecule has 1 aliphatic rings. The number of carbonyl (C=O) groups is 2. The minimum Gasteiger partial charge on any atom is -0.350 e. The van der Waals surface area contributed by atoms with Crippen LogP contribution < -0.4 is 10.6 Å². The summed E-state index contributed by atoms with van der Waals surface area (Å²) in [6.45, 7) is 6.52. The molecule has 1 heterocycles. The summed E-state index contributed by atoms with van der Waals surface area (Å²) < 4.78 is 1.08. The number of para-hydroxylation sites is 1. The summed E-state index contributed by atoms with van der Waals surface area (Å²) >= 11 is 3.46. The Morgan fingerprint density at radius 3 is 2.38 bits per heavy atom. The second-order valence-electron chi connectivity index (χ2n) is 7.84. The molecule has 0 aliphatic carbocycles. The van der Waals surface area contributed by atoms with Gasteiger partial charge >= 0.3 is 0 Å². The first kappa shape index (κ1) is 21.5. The number of hydrogen-bond acceptors (Lipinski definition) is 3. The lowest BCUT2D eigenvalue weighted by molar-refractivity contribution is -0.121. The summed E-state index contributed by atoms with van der Waals surface area (Å²) in [7, 11) is 0. The van der Waals surface area contributed by atoms with Gasteiger partial charge in [0.2, 0.25) is 5.91 Å². The van der Waals surface area contributed by atoms with Crippen molar-refractivity contribution >= 4 is 33.4 Å². The molecule has 5 nitrogen and oxygen atoms in total. The average Bonchev–Trinajstić information content (AvgIpc) is 2.70. The van der Waals surface area contributed by atoms with E-state index in [1.807, 2.05) is 26.0 Å². The Morgan fingerprint density at radius 2 is 1.72 bits per heavy atom. The molecule has 3 rings (SSSR count). The monoisotopic (exact) mass is 457 g/mol. The third-order valence-corrected chi connectivity index (χ3v) is 5.66. The van der Waals surface area contributed by atoms with Crippen LogP contribution in [0, 0.1) is 5.92 Å². The fourth-order valence-corrected chi connectivity index (χ4v) is 3.83. The molecule has 6 heteroatoms. The zero-order valence-corrected chi connectivity index (χ0v) is 18.5. The Morgan fingerprint density at radius 1 is 1.07 bits per heavy atom. The van der Waals surface area contributed by atoms with Crippen molar-refractivity contribution in [2.24, 2.45) is 5.92 Å². The van der Waals surface area contributed by atoms with Crippen molar-refractivity contribution in [3.63, 3.8) is 0 Å². The second kappa shape index (κ2) is 10.0. The van der Waals surface area contributed by atoms with Crippen LogP contribution in [-0.2, 0) is 11.3 Å². The van der Waals surface area contributed by atoms with Crippen LogP contribution in [0.2, 0.25) is 0 Å². The van der Waals surface area contributed by atoms with Gasteiger partial charge in [-0.2, -0.15) is 0 Å². The fraction of sp³-hybridized carbons (Fsp3) is 0.391. The molecule has 0 atom stereocenters. The first-order valence-electron chi connectivity index (χ1n) is 10.1. The van der Waals surface area contributed by atoms with Gasteiger partial charge in [-0.25, -0.2) is 0 Å². The largest absolute Gasteiger partial charge is 0.350 e. The maximum absolute atomic E-state index is 12.8. The van der Waals surface area contributed by atoms with E-state index in [0.29, 0.717) is 11.3 Å². The summed E-state index contributed by atoms with van der Waals surface area (Å²) in [6.07, 6.45) is 1.64. The number of amides is 2. The number of piperidine rings is 1. The van der Waals surface area contributed by atoms with Gasteiger partial charge < -0.3 is 10.6 Å². The van der Waals surface area contributed by atoms with Crippen molar-refractivity contribution in [1.82, 2.24) is 10.2 Å². The van der Waals surface area contributed by atoms with Crippen LogP contribution in [0.25, 0.3) is 0 Å². The van der Waals surface area contributed by atoms with Crippen LogP contribution in [0.15, 0.2) is 53.0 Å². The molecule has 1 fully saturated rings. The van der Waals surface area contributed by atoms with E-state index in [2.05, 4.69) is 55.7 Å². The highest BCUT2D eigenvalue weighted by Gasteiger charge is 2.26. The van der Waals surface area contributed by atoms with E-state index >= 15 is 0 Å². The van der Waals surface area contributed by atoms with Gasteiger partial charge in [0.15, 0.2) is 0 Å². The Kier molecular flexibility index (Phi) is 7.45. The number of anilines is 1. The first-order chi connectivity index (χ1) is 13.9. The Bertz CT molecular complexity index is 843. The normalized spacial score (nSPS) is 15.3. The van der Waals surface area contributed by atoms with Crippen LogP contribution in [0.5, 0.6) is 0 Å². The first-order valence-corrected chi connectivity index (χ1v) is 10.9.